The first-order valence-corrected chi connectivity index (χ1v) is 10.1. The van der Waals surface area contributed by atoms with Gasteiger partial charge in [0, 0.05) is 13.5 Å². The van der Waals surface area contributed by atoms with Gasteiger partial charge in [-0.15, -0.1) is 0 Å². The van der Waals surface area contributed by atoms with Crippen LogP contribution in [0.25, 0.3) is 0 Å². The highest BCUT2D eigenvalue weighted by Crippen LogP contribution is 2.38. The summed E-state index contributed by atoms with van der Waals surface area (Å²) >= 11 is 0. The molecule has 1 aliphatic carbocycles. The van der Waals surface area contributed by atoms with Crippen LogP contribution >= 0.6 is 0 Å². The number of aryl methyl sites for hydroxylation is 1. The van der Waals surface area contributed by atoms with Crippen molar-refractivity contribution >= 4 is 11.6 Å². The van der Waals surface area contributed by atoms with E-state index in [0.29, 0.717) is 11.8 Å². The molecule has 28 heavy (non-hydrogen) atoms. The highest BCUT2D eigenvalue weighted by molar-refractivity contribution is 5.89. The SMILES string of the molecule is CC(=O)Nc1cc2c(cc1F)CCC2CN1CCC(c2ccc(F)cc2)CC1. The maximum Gasteiger partial charge on any atom is 0.221 e. The minimum absolute atomic E-state index is 0.184. The summed E-state index contributed by atoms with van der Waals surface area (Å²) in [7, 11) is 0. The first-order valence-electron chi connectivity index (χ1n) is 10.1. The van der Waals surface area contributed by atoms with Gasteiger partial charge in [-0.3, -0.25) is 4.79 Å². The zero-order valence-electron chi connectivity index (χ0n) is 16.2. The van der Waals surface area contributed by atoms with Gasteiger partial charge in [0.1, 0.15) is 11.6 Å². The van der Waals surface area contributed by atoms with Gasteiger partial charge in [-0.25, -0.2) is 8.78 Å². The average Bonchev–Trinajstić information content (AvgIpc) is 3.04. The van der Waals surface area contributed by atoms with Crippen molar-refractivity contribution < 1.29 is 13.6 Å². The number of anilines is 1. The van der Waals surface area contributed by atoms with Gasteiger partial charge in [0.2, 0.25) is 5.91 Å². The molecule has 0 radical (unpaired) electrons. The van der Waals surface area contributed by atoms with Crippen LogP contribution in [-0.4, -0.2) is 30.4 Å². The molecule has 2 aromatic rings. The Labute approximate surface area is 164 Å². The molecule has 1 saturated heterocycles. The van der Waals surface area contributed by atoms with E-state index in [0.717, 1.165) is 50.9 Å². The van der Waals surface area contributed by atoms with Crippen LogP contribution in [0, 0.1) is 11.6 Å². The third-order valence-corrected chi connectivity index (χ3v) is 6.15. The van der Waals surface area contributed by atoms with Gasteiger partial charge in [-0.2, -0.15) is 0 Å². The topological polar surface area (TPSA) is 32.3 Å². The van der Waals surface area contributed by atoms with Crippen LogP contribution in [0.3, 0.4) is 0 Å². The molecule has 4 rings (SSSR count). The van der Waals surface area contributed by atoms with Crippen LogP contribution in [0.15, 0.2) is 36.4 Å². The van der Waals surface area contributed by atoms with Crippen molar-refractivity contribution in [3.05, 3.63) is 64.7 Å². The largest absolute Gasteiger partial charge is 0.324 e. The fourth-order valence-corrected chi connectivity index (χ4v) is 4.68. The van der Waals surface area contributed by atoms with Crippen molar-refractivity contribution in [1.82, 2.24) is 4.90 Å². The van der Waals surface area contributed by atoms with Gasteiger partial charge in [0.05, 0.1) is 5.69 Å². The molecule has 2 aliphatic rings. The molecule has 0 saturated carbocycles. The second kappa shape index (κ2) is 8.00. The molecule has 1 unspecified atom stereocenters. The lowest BCUT2D eigenvalue weighted by molar-refractivity contribution is -0.114. The normalized spacial score (nSPS) is 20.2. The van der Waals surface area contributed by atoms with Crippen molar-refractivity contribution in [1.29, 1.82) is 0 Å². The number of nitrogens with zero attached hydrogens (tertiary/aromatic N) is 1. The number of carbonyl (C=O) groups excluding carboxylic acids is 1. The summed E-state index contributed by atoms with van der Waals surface area (Å²) < 4.78 is 27.3. The summed E-state index contributed by atoms with van der Waals surface area (Å²) in [6, 6.07) is 10.3. The van der Waals surface area contributed by atoms with Crippen molar-refractivity contribution in [3.63, 3.8) is 0 Å². The monoisotopic (exact) mass is 384 g/mol. The number of piperidine rings is 1. The summed E-state index contributed by atoms with van der Waals surface area (Å²) in [5.41, 5.74) is 3.75. The molecule has 1 atom stereocenters. The lowest BCUT2D eigenvalue weighted by Gasteiger charge is -2.34. The molecule has 0 spiro atoms. The highest BCUT2D eigenvalue weighted by atomic mass is 19.1. The van der Waals surface area contributed by atoms with Crippen molar-refractivity contribution in [2.75, 3.05) is 25.0 Å². The van der Waals surface area contributed by atoms with E-state index in [-0.39, 0.29) is 23.2 Å². The summed E-state index contributed by atoms with van der Waals surface area (Å²) in [6.45, 7) is 4.41. The maximum atomic E-state index is 14.2. The van der Waals surface area contributed by atoms with Gasteiger partial charge in [-0.1, -0.05) is 12.1 Å². The van der Waals surface area contributed by atoms with E-state index < -0.39 is 0 Å². The summed E-state index contributed by atoms with van der Waals surface area (Å²) in [6.07, 6.45) is 4.07. The van der Waals surface area contributed by atoms with Crippen LogP contribution in [-0.2, 0) is 11.2 Å². The van der Waals surface area contributed by atoms with E-state index in [4.69, 9.17) is 0 Å². The number of halogens is 2. The molecule has 1 heterocycles. The standard InChI is InChI=1S/C23H26F2N2O/c1-15(28)26-23-13-21-18(12-22(23)25)2-3-19(21)14-27-10-8-17(9-11-27)16-4-6-20(24)7-5-16/h4-7,12-13,17,19H,2-3,8-11,14H2,1H3,(H,26,28). The summed E-state index contributed by atoms with van der Waals surface area (Å²) in [5.74, 6) is 0.0841. The minimum atomic E-state index is -0.352. The molecule has 1 N–H and O–H groups in total. The molecular weight excluding hydrogens is 358 g/mol. The molecular formula is C23H26F2N2O. The Morgan fingerprint density at radius 1 is 1.11 bits per heavy atom. The van der Waals surface area contributed by atoms with E-state index in [1.54, 1.807) is 18.2 Å². The lowest BCUT2D eigenvalue weighted by atomic mass is 9.88. The number of rotatable bonds is 4. The van der Waals surface area contributed by atoms with E-state index >= 15 is 0 Å². The van der Waals surface area contributed by atoms with Crippen molar-refractivity contribution in [2.45, 2.75) is 44.4 Å². The number of hydrogen-bond donors (Lipinski definition) is 1. The first kappa shape index (κ1) is 19.1. The number of fused-ring (bicyclic) bond motifs is 1. The van der Waals surface area contributed by atoms with E-state index in [9.17, 15) is 13.6 Å². The smallest absolute Gasteiger partial charge is 0.221 e. The molecule has 148 valence electrons. The van der Waals surface area contributed by atoms with Crippen LogP contribution in [0.2, 0.25) is 0 Å². The molecule has 1 fully saturated rings. The Balaban J connectivity index is 1.39. The van der Waals surface area contributed by atoms with Gasteiger partial charge < -0.3 is 10.2 Å². The molecule has 2 aromatic carbocycles. The molecule has 5 heteroatoms. The molecule has 0 bridgehead atoms. The molecule has 3 nitrogen and oxygen atoms in total. The minimum Gasteiger partial charge on any atom is -0.324 e. The number of hydrogen-bond acceptors (Lipinski definition) is 2. The van der Waals surface area contributed by atoms with E-state index in [1.807, 2.05) is 18.2 Å². The second-order valence-electron chi connectivity index (χ2n) is 8.07. The van der Waals surface area contributed by atoms with Crippen LogP contribution in [0.1, 0.15) is 54.7 Å². The zero-order valence-corrected chi connectivity index (χ0v) is 16.2. The van der Waals surface area contributed by atoms with Crippen molar-refractivity contribution in [3.8, 4) is 0 Å². The average molecular weight is 384 g/mol. The highest BCUT2D eigenvalue weighted by Gasteiger charge is 2.28. The number of nitrogens with one attached hydrogen (secondary N) is 1. The predicted molar refractivity (Wildman–Crippen MR) is 107 cm³/mol. The Hall–Kier alpha value is -2.27. The number of benzene rings is 2. The van der Waals surface area contributed by atoms with Crippen molar-refractivity contribution in [2.24, 2.45) is 0 Å². The quantitative estimate of drug-likeness (QED) is 0.819. The second-order valence-corrected chi connectivity index (χ2v) is 8.07. The number of carbonyl (C=O) groups is 1. The molecule has 1 amide bonds. The Morgan fingerprint density at radius 2 is 1.82 bits per heavy atom. The van der Waals surface area contributed by atoms with Crippen LogP contribution in [0.4, 0.5) is 14.5 Å². The predicted octanol–water partition coefficient (Wildman–Crippen LogP) is 4.83. The van der Waals surface area contributed by atoms with Crippen LogP contribution < -0.4 is 5.32 Å². The van der Waals surface area contributed by atoms with Gasteiger partial charge in [-0.05, 0) is 91.6 Å². The Morgan fingerprint density at radius 3 is 2.50 bits per heavy atom. The summed E-state index contributed by atoms with van der Waals surface area (Å²) in [5, 5.41) is 2.60. The maximum absolute atomic E-state index is 14.2. The first-order chi connectivity index (χ1) is 13.5. The van der Waals surface area contributed by atoms with Gasteiger partial charge in [0.15, 0.2) is 0 Å². The molecule has 1 aliphatic heterocycles. The van der Waals surface area contributed by atoms with Gasteiger partial charge in [0.25, 0.3) is 0 Å². The lowest BCUT2D eigenvalue weighted by Crippen LogP contribution is -2.35. The number of amides is 1. The van der Waals surface area contributed by atoms with E-state index in [1.165, 1.54) is 18.1 Å². The summed E-state index contributed by atoms with van der Waals surface area (Å²) in [4.78, 5) is 13.8. The third kappa shape index (κ3) is 4.09. The fourth-order valence-electron chi connectivity index (χ4n) is 4.68. The number of likely N-dealkylation sites (tertiary alicyclic amines) is 1. The Kier molecular flexibility index (Phi) is 5.44. The van der Waals surface area contributed by atoms with E-state index in [2.05, 4.69) is 10.2 Å². The third-order valence-electron chi connectivity index (χ3n) is 6.15. The van der Waals surface area contributed by atoms with Gasteiger partial charge >= 0.3 is 0 Å². The Bertz CT molecular complexity index is 858. The fraction of sp³-hybridized carbons (Fsp3) is 0.435. The molecule has 0 aromatic heterocycles. The van der Waals surface area contributed by atoms with Crippen LogP contribution in [0.5, 0.6) is 0 Å². The zero-order chi connectivity index (χ0) is 19.7.